The summed E-state index contributed by atoms with van der Waals surface area (Å²) >= 11 is 0. The lowest BCUT2D eigenvalue weighted by atomic mass is 9.99. The van der Waals surface area contributed by atoms with Gasteiger partial charge in [-0.05, 0) is 43.7 Å². The number of halogens is 1. The summed E-state index contributed by atoms with van der Waals surface area (Å²) in [7, 11) is 0. The van der Waals surface area contributed by atoms with E-state index in [2.05, 4.69) is 15.6 Å². The standard InChI is InChI=1S/C17H20FN3O2/c18-14-5-3-12(4-6-14)17-21-15(11-23-17)7-9-20-16(22)13-2-1-8-19-10-13/h3-6,11,13,19H,1-2,7-10H2,(H,20,22). The minimum atomic E-state index is -0.291. The lowest BCUT2D eigenvalue weighted by Crippen LogP contribution is -2.41. The van der Waals surface area contributed by atoms with Gasteiger partial charge in [0, 0.05) is 25.1 Å². The summed E-state index contributed by atoms with van der Waals surface area (Å²) in [6.45, 7) is 2.28. The Labute approximate surface area is 134 Å². The SMILES string of the molecule is O=C(NCCc1coc(-c2ccc(F)cc2)n1)C1CCCNC1. The maximum Gasteiger partial charge on any atom is 0.226 e. The molecule has 122 valence electrons. The molecule has 0 radical (unpaired) electrons. The molecule has 0 bridgehead atoms. The second-order valence-electron chi connectivity index (χ2n) is 5.74. The van der Waals surface area contributed by atoms with E-state index in [1.54, 1.807) is 18.4 Å². The zero-order valence-electron chi connectivity index (χ0n) is 12.8. The van der Waals surface area contributed by atoms with Crippen LogP contribution in [0.5, 0.6) is 0 Å². The topological polar surface area (TPSA) is 67.2 Å². The lowest BCUT2D eigenvalue weighted by Gasteiger charge is -2.21. The van der Waals surface area contributed by atoms with Gasteiger partial charge in [0.1, 0.15) is 12.1 Å². The van der Waals surface area contributed by atoms with Crippen molar-refractivity contribution in [3.8, 4) is 11.5 Å². The normalized spacial score (nSPS) is 17.9. The predicted octanol–water partition coefficient (Wildman–Crippen LogP) is 2.14. The zero-order valence-corrected chi connectivity index (χ0v) is 12.8. The van der Waals surface area contributed by atoms with Crippen molar-refractivity contribution < 1.29 is 13.6 Å². The summed E-state index contributed by atoms with van der Waals surface area (Å²) in [6, 6.07) is 6.00. The molecule has 2 heterocycles. The summed E-state index contributed by atoms with van der Waals surface area (Å²) in [5, 5.41) is 6.18. The van der Waals surface area contributed by atoms with Crippen molar-refractivity contribution in [2.45, 2.75) is 19.3 Å². The van der Waals surface area contributed by atoms with Gasteiger partial charge in [-0.25, -0.2) is 9.37 Å². The van der Waals surface area contributed by atoms with E-state index in [4.69, 9.17) is 4.42 Å². The lowest BCUT2D eigenvalue weighted by molar-refractivity contribution is -0.125. The fourth-order valence-electron chi connectivity index (χ4n) is 2.68. The van der Waals surface area contributed by atoms with E-state index >= 15 is 0 Å². The van der Waals surface area contributed by atoms with E-state index in [0.29, 0.717) is 18.9 Å². The van der Waals surface area contributed by atoms with E-state index < -0.39 is 0 Å². The van der Waals surface area contributed by atoms with Crippen molar-refractivity contribution in [1.82, 2.24) is 15.6 Å². The van der Waals surface area contributed by atoms with Crippen molar-refractivity contribution in [3.05, 3.63) is 42.0 Å². The van der Waals surface area contributed by atoms with Crippen molar-refractivity contribution >= 4 is 5.91 Å². The molecule has 1 fully saturated rings. The third-order valence-corrected chi connectivity index (χ3v) is 3.99. The Balaban J connectivity index is 1.49. The van der Waals surface area contributed by atoms with Crippen LogP contribution in [0.4, 0.5) is 4.39 Å². The second kappa shape index (κ2) is 7.37. The van der Waals surface area contributed by atoms with Crippen LogP contribution in [-0.2, 0) is 11.2 Å². The summed E-state index contributed by atoms with van der Waals surface area (Å²) in [5.41, 5.74) is 1.50. The highest BCUT2D eigenvalue weighted by atomic mass is 19.1. The Bertz CT molecular complexity index is 648. The summed E-state index contributed by atoms with van der Waals surface area (Å²) < 4.78 is 18.3. The first-order chi connectivity index (χ1) is 11.2. The van der Waals surface area contributed by atoms with E-state index in [1.165, 1.54) is 12.1 Å². The van der Waals surface area contributed by atoms with E-state index in [1.807, 2.05) is 0 Å². The van der Waals surface area contributed by atoms with E-state index in [9.17, 15) is 9.18 Å². The maximum absolute atomic E-state index is 12.9. The number of hydrogen-bond acceptors (Lipinski definition) is 4. The number of carbonyl (C=O) groups excluding carboxylic acids is 1. The largest absolute Gasteiger partial charge is 0.444 e. The first kappa shape index (κ1) is 15.7. The minimum Gasteiger partial charge on any atom is -0.444 e. The van der Waals surface area contributed by atoms with Gasteiger partial charge in [0.2, 0.25) is 11.8 Å². The molecule has 1 aliphatic rings. The molecule has 23 heavy (non-hydrogen) atoms. The van der Waals surface area contributed by atoms with Crippen LogP contribution in [0.3, 0.4) is 0 Å². The molecular formula is C17H20FN3O2. The van der Waals surface area contributed by atoms with Gasteiger partial charge in [0.25, 0.3) is 0 Å². The number of carbonyl (C=O) groups is 1. The van der Waals surface area contributed by atoms with E-state index in [-0.39, 0.29) is 17.6 Å². The van der Waals surface area contributed by atoms with Gasteiger partial charge in [-0.2, -0.15) is 0 Å². The predicted molar refractivity (Wildman–Crippen MR) is 84.2 cm³/mol. The first-order valence-electron chi connectivity index (χ1n) is 7.91. The minimum absolute atomic E-state index is 0.0656. The fourth-order valence-corrected chi connectivity index (χ4v) is 2.68. The molecule has 1 amide bonds. The second-order valence-corrected chi connectivity index (χ2v) is 5.74. The molecule has 2 aromatic rings. The molecule has 1 aromatic heterocycles. The number of aromatic nitrogens is 1. The number of piperidine rings is 1. The maximum atomic E-state index is 12.9. The first-order valence-corrected chi connectivity index (χ1v) is 7.91. The quantitative estimate of drug-likeness (QED) is 0.886. The third-order valence-electron chi connectivity index (χ3n) is 3.99. The van der Waals surface area contributed by atoms with Gasteiger partial charge in [-0.15, -0.1) is 0 Å². The van der Waals surface area contributed by atoms with Gasteiger partial charge in [-0.1, -0.05) is 0 Å². The van der Waals surface area contributed by atoms with Crippen molar-refractivity contribution in [2.24, 2.45) is 5.92 Å². The smallest absolute Gasteiger partial charge is 0.226 e. The van der Waals surface area contributed by atoms with Crippen molar-refractivity contribution in [1.29, 1.82) is 0 Å². The van der Waals surface area contributed by atoms with Gasteiger partial charge < -0.3 is 15.1 Å². The number of hydrogen-bond donors (Lipinski definition) is 2. The molecule has 2 N–H and O–H groups in total. The Kier molecular flexibility index (Phi) is 5.02. The van der Waals surface area contributed by atoms with Crippen LogP contribution in [0.1, 0.15) is 18.5 Å². The van der Waals surface area contributed by atoms with Gasteiger partial charge in [-0.3, -0.25) is 4.79 Å². The van der Waals surface area contributed by atoms with Gasteiger partial charge in [0.05, 0.1) is 11.6 Å². The average molecular weight is 317 g/mol. The molecule has 1 saturated heterocycles. The third kappa shape index (κ3) is 4.16. The Morgan fingerprint density at radius 3 is 2.96 bits per heavy atom. The number of rotatable bonds is 5. The molecular weight excluding hydrogens is 297 g/mol. The number of amides is 1. The monoisotopic (exact) mass is 317 g/mol. The van der Waals surface area contributed by atoms with Crippen LogP contribution < -0.4 is 10.6 Å². The van der Waals surface area contributed by atoms with Crippen LogP contribution in [-0.4, -0.2) is 30.5 Å². The summed E-state index contributed by atoms with van der Waals surface area (Å²) in [4.78, 5) is 16.4. The van der Waals surface area contributed by atoms with Crippen molar-refractivity contribution in [3.63, 3.8) is 0 Å². The molecule has 0 saturated carbocycles. The molecule has 1 atom stereocenters. The molecule has 6 heteroatoms. The van der Waals surface area contributed by atoms with Gasteiger partial charge >= 0.3 is 0 Å². The summed E-state index contributed by atoms with van der Waals surface area (Å²) in [6.07, 6.45) is 4.17. The van der Waals surface area contributed by atoms with Crippen molar-refractivity contribution in [2.75, 3.05) is 19.6 Å². The number of oxazole rings is 1. The van der Waals surface area contributed by atoms with Crippen LogP contribution in [0.15, 0.2) is 34.9 Å². The Hall–Kier alpha value is -2.21. The highest BCUT2D eigenvalue weighted by Gasteiger charge is 2.20. The molecule has 1 aliphatic heterocycles. The number of nitrogens with zero attached hydrogens (tertiary/aromatic N) is 1. The molecule has 0 aliphatic carbocycles. The fraction of sp³-hybridized carbons (Fsp3) is 0.412. The number of benzene rings is 1. The zero-order chi connectivity index (χ0) is 16.1. The summed E-state index contributed by atoms with van der Waals surface area (Å²) in [5.74, 6) is 0.332. The average Bonchev–Trinajstić information content (AvgIpc) is 3.05. The molecule has 5 nitrogen and oxygen atoms in total. The van der Waals surface area contributed by atoms with Crippen LogP contribution >= 0.6 is 0 Å². The molecule has 0 spiro atoms. The van der Waals surface area contributed by atoms with Crippen LogP contribution in [0.2, 0.25) is 0 Å². The highest BCUT2D eigenvalue weighted by Crippen LogP contribution is 2.19. The van der Waals surface area contributed by atoms with Gasteiger partial charge in [0.15, 0.2) is 0 Å². The highest BCUT2D eigenvalue weighted by molar-refractivity contribution is 5.78. The Morgan fingerprint density at radius 1 is 1.39 bits per heavy atom. The Morgan fingerprint density at radius 2 is 2.22 bits per heavy atom. The molecule has 1 aromatic carbocycles. The molecule has 3 rings (SSSR count). The van der Waals surface area contributed by atoms with Crippen LogP contribution in [0.25, 0.3) is 11.5 Å². The van der Waals surface area contributed by atoms with E-state index in [0.717, 1.165) is 37.2 Å². The number of nitrogens with one attached hydrogen (secondary N) is 2. The van der Waals surface area contributed by atoms with Crippen LogP contribution in [0, 0.1) is 11.7 Å². The molecule has 1 unspecified atom stereocenters.